The molecule has 3 rings (SSSR count). The number of carbonyl (C=O) groups excluding carboxylic acids is 2. The van der Waals surface area contributed by atoms with E-state index in [4.69, 9.17) is 5.73 Å². The lowest BCUT2D eigenvalue weighted by atomic mass is 10.1. The van der Waals surface area contributed by atoms with E-state index in [-0.39, 0.29) is 5.91 Å². The summed E-state index contributed by atoms with van der Waals surface area (Å²) in [6.07, 6.45) is 5.62. The summed E-state index contributed by atoms with van der Waals surface area (Å²) in [5.41, 5.74) is 8.45. The average Bonchev–Trinajstić information content (AvgIpc) is 2.66. The van der Waals surface area contributed by atoms with Gasteiger partial charge in [-0.1, -0.05) is 36.4 Å². The Morgan fingerprint density at radius 2 is 1.88 bits per heavy atom. The van der Waals surface area contributed by atoms with E-state index in [0.29, 0.717) is 18.5 Å². The van der Waals surface area contributed by atoms with Crippen LogP contribution in [0.1, 0.15) is 21.5 Å². The van der Waals surface area contributed by atoms with Crippen molar-refractivity contribution in [1.82, 2.24) is 10.3 Å². The van der Waals surface area contributed by atoms with E-state index in [9.17, 15) is 9.59 Å². The number of pyridine rings is 1. The molecule has 0 saturated heterocycles. The predicted molar refractivity (Wildman–Crippen MR) is 102 cm³/mol. The first-order valence-corrected chi connectivity index (χ1v) is 8.32. The fourth-order valence-corrected chi connectivity index (χ4v) is 2.70. The number of nitrogens with two attached hydrogens (primary N) is 1. The van der Waals surface area contributed by atoms with Crippen LogP contribution in [-0.2, 0) is 11.2 Å². The van der Waals surface area contributed by atoms with Crippen LogP contribution in [0.4, 0.5) is 0 Å². The van der Waals surface area contributed by atoms with Crippen LogP contribution in [0.2, 0.25) is 0 Å². The van der Waals surface area contributed by atoms with E-state index in [0.717, 1.165) is 22.0 Å². The normalized spacial score (nSPS) is 10.9. The Morgan fingerprint density at radius 3 is 2.73 bits per heavy atom. The Kier molecular flexibility index (Phi) is 5.39. The van der Waals surface area contributed by atoms with Crippen LogP contribution in [0.15, 0.2) is 66.9 Å². The molecule has 0 aliphatic heterocycles. The van der Waals surface area contributed by atoms with Crippen molar-refractivity contribution in [1.29, 1.82) is 0 Å². The third-order valence-electron chi connectivity index (χ3n) is 4.00. The first-order chi connectivity index (χ1) is 12.6. The molecule has 5 heteroatoms. The molecule has 1 aromatic heterocycles. The van der Waals surface area contributed by atoms with Crippen molar-refractivity contribution in [3.8, 4) is 0 Å². The van der Waals surface area contributed by atoms with Crippen LogP contribution in [0.5, 0.6) is 0 Å². The molecule has 1 heterocycles. The van der Waals surface area contributed by atoms with Gasteiger partial charge in [-0.3, -0.25) is 14.6 Å². The van der Waals surface area contributed by atoms with E-state index in [1.165, 1.54) is 6.08 Å². The SMILES string of the molecule is NC(=O)c1cccc(CCNC(=O)/C=C/c2cccc3cccnc23)c1. The fraction of sp³-hybridized carbons (Fsp3) is 0.0952. The molecule has 130 valence electrons. The molecular weight excluding hydrogens is 326 g/mol. The van der Waals surface area contributed by atoms with Gasteiger partial charge in [-0.2, -0.15) is 0 Å². The van der Waals surface area contributed by atoms with Crippen LogP contribution >= 0.6 is 0 Å². The summed E-state index contributed by atoms with van der Waals surface area (Å²) in [5, 5.41) is 3.87. The Bertz CT molecular complexity index is 974. The molecule has 26 heavy (non-hydrogen) atoms. The lowest BCUT2D eigenvalue weighted by Crippen LogP contribution is -2.23. The van der Waals surface area contributed by atoms with E-state index in [1.54, 1.807) is 30.5 Å². The number of nitrogens with zero attached hydrogens (tertiary/aromatic N) is 1. The van der Waals surface area contributed by atoms with Gasteiger partial charge in [0.05, 0.1) is 5.52 Å². The van der Waals surface area contributed by atoms with E-state index >= 15 is 0 Å². The molecule has 3 N–H and O–H groups in total. The number of primary amides is 1. The van der Waals surface area contributed by atoms with Crippen molar-refractivity contribution in [2.24, 2.45) is 5.73 Å². The summed E-state index contributed by atoms with van der Waals surface area (Å²) in [6, 6.07) is 16.8. The van der Waals surface area contributed by atoms with Crippen molar-refractivity contribution in [3.05, 3.63) is 83.6 Å². The Morgan fingerprint density at radius 1 is 1.08 bits per heavy atom. The molecule has 0 atom stereocenters. The van der Waals surface area contributed by atoms with Gasteiger partial charge in [0.25, 0.3) is 0 Å². The number of aromatic nitrogens is 1. The number of hydrogen-bond acceptors (Lipinski definition) is 3. The van der Waals surface area contributed by atoms with Crippen LogP contribution < -0.4 is 11.1 Å². The van der Waals surface area contributed by atoms with Crippen LogP contribution in [0, 0.1) is 0 Å². The van der Waals surface area contributed by atoms with Gasteiger partial charge in [-0.25, -0.2) is 0 Å². The third-order valence-corrected chi connectivity index (χ3v) is 4.00. The maximum Gasteiger partial charge on any atom is 0.248 e. The zero-order valence-corrected chi connectivity index (χ0v) is 14.2. The second kappa shape index (κ2) is 8.07. The average molecular weight is 345 g/mol. The van der Waals surface area contributed by atoms with Gasteiger partial charge < -0.3 is 11.1 Å². The van der Waals surface area contributed by atoms with E-state index in [1.807, 2.05) is 36.4 Å². The second-order valence-electron chi connectivity index (χ2n) is 5.86. The molecule has 0 radical (unpaired) electrons. The standard InChI is InChI=1S/C21H19N3O2/c22-21(26)18-7-1-4-15(14-18)11-13-23-19(25)10-9-17-6-2-5-16-8-3-12-24-20(16)17/h1-10,12,14H,11,13H2,(H2,22,26)(H,23,25)/b10-9+. The molecule has 3 aromatic rings. The topological polar surface area (TPSA) is 85.1 Å². The Balaban J connectivity index is 1.58. The van der Waals surface area contributed by atoms with Crippen LogP contribution in [0.3, 0.4) is 0 Å². The molecule has 2 amide bonds. The van der Waals surface area contributed by atoms with Crippen molar-refractivity contribution in [2.75, 3.05) is 6.54 Å². The summed E-state index contributed by atoms with van der Waals surface area (Å²) >= 11 is 0. The monoisotopic (exact) mass is 345 g/mol. The quantitative estimate of drug-likeness (QED) is 0.674. The minimum Gasteiger partial charge on any atom is -0.366 e. The van der Waals surface area contributed by atoms with Gasteiger partial charge in [-0.15, -0.1) is 0 Å². The van der Waals surface area contributed by atoms with Gasteiger partial charge in [0.2, 0.25) is 11.8 Å². The van der Waals surface area contributed by atoms with Crippen molar-refractivity contribution >= 4 is 28.8 Å². The fourth-order valence-electron chi connectivity index (χ4n) is 2.70. The first kappa shape index (κ1) is 17.4. The molecule has 0 saturated carbocycles. The summed E-state index contributed by atoms with van der Waals surface area (Å²) < 4.78 is 0. The zero-order chi connectivity index (χ0) is 18.4. The van der Waals surface area contributed by atoms with Gasteiger partial charge in [0.15, 0.2) is 0 Å². The molecule has 2 aromatic carbocycles. The largest absolute Gasteiger partial charge is 0.366 e. The van der Waals surface area contributed by atoms with Gasteiger partial charge in [0, 0.05) is 35.3 Å². The molecule has 0 aliphatic carbocycles. The van der Waals surface area contributed by atoms with Crippen molar-refractivity contribution in [3.63, 3.8) is 0 Å². The number of benzene rings is 2. The third kappa shape index (κ3) is 4.33. The van der Waals surface area contributed by atoms with Gasteiger partial charge in [0.1, 0.15) is 0 Å². The summed E-state index contributed by atoms with van der Waals surface area (Å²) in [6.45, 7) is 0.471. The smallest absolute Gasteiger partial charge is 0.248 e. The molecule has 0 aliphatic rings. The summed E-state index contributed by atoms with van der Waals surface area (Å²) in [4.78, 5) is 27.6. The number of para-hydroxylation sites is 1. The van der Waals surface area contributed by atoms with Crippen molar-refractivity contribution < 1.29 is 9.59 Å². The highest BCUT2D eigenvalue weighted by atomic mass is 16.1. The number of amides is 2. The molecule has 5 nitrogen and oxygen atoms in total. The maximum atomic E-state index is 12.0. The lowest BCUT2D eigenvalue weighted by Gasteiger charge is -2.04. The minimum absolute atomic E-state index is 0.177. The Hall–Kier alpha value is -3.47. The highest BCUT2D eigenvalue weighted by Crippen LogP contribution is 2.16. The summed E-state index contributed by atoms with van der Waals surface area (Å²) in [7, 11) is 0. The highest BCUT2D eigenvalue weighted by molar-refractivity contribution is 5.95. The lowest BCUT2D eigenvalue weighted by molar-refractivity contribution is -0.116. The molecule has 0 bridgehead atoms. The van der Waals surface area contributed by atoms with Crippen molar-refractivity contribution in [2.45, 2.75) is 6.42 Å². The number of carbonyl (C=O) groups is 2. The second-order valence-corrected chi connectivity index (χ2v) is 5.86. The molecular formula is C21H19N3O2. The number of fused-ring (bicyclic) bond motifs is 1. The summed E-state index contributed by atoms with van der Waals surface area (Å²) in [5.74, 6) is -0.633. The maximum absolute atomic E-state index is 12.0. The van der Waals surface area contributed by atoms with E-state index < -0.39 is 5.91 Å². The number of nitrogens with one attached hydrogen (secondary N) is 1. The van der Waals surface area contributed by atoms with Crippen LogP contribution in [-0.4, -0.2) is 23.3 Å². The van der Waals surface area contributed by atoms with Gasteiger partial charge in [-0.05, 0) is 36.3 Å². The van der Waals surface area contributed by atoms with Gasteiger partial charge >= 0.3 is 0 Å². The highest BCUT2D eigenvalue weighted by Gasteiger charge is 2.03. The first-order valence-electron chi connectivity index (χ1n) is 8.32. The molecule has 0 spiro atoms. The zero-order valence-electron chi connectivity index (χ0n) is 14.2. The van der Waals surface area contributed by atoms with Crippen LogP contribution in [0.25, 0.3) is 17.0 Å². The van der Waals surface area contributed by atoms with E-state index in [2.05, 4.69) is 10.3 Å². The molecule has 0 unspecified atom stereocenters. The Labute approximate surface area is 151 Å². The number of rotatable bonds is 6. The minimum atomic E-state index is -0.456. The predicted octanol–water partition coefficient (Wildman–Crippen LogP) is 2.71. The molecule has 0 fully saturated rings. The number of hydrogen-bond donors (Lipinski definition) is 2.